The summed E-state index contributed by atoms with van der Waals surface area (Å²) in [7, 11) is 0. The van der Waals surface area contributed by atoms with Gasteiger partial charge < -0.3 is 15.1 Å². The molecule has 2 atom stereocenters. The molecule has 100 valence electrons. The summed E-state index contributed by atoms with van der Waals surface area (Å²) < 4.78 is 5.29. The van der Waals surface area contributed by atoms with E-state index in [1.165, 1.54) is 0 Å². The number of hydrogen-bond acceptors (Lipinski definition) is 3. The summed E-state index contributed by atoms with van der Waals surface area (Å²) >= 11 is 0. The van der Waals surface area contributed by atoms with E-state index in [2.05, 4.69) is 6.92 Å². The third kappa shape index (κ3) is 2.43. The van der Waals surface area contributed by atoms with Gasteiger partial charge in [0, 0.05) is 24.7 Å². The molecule has 4 nitrogen and oxygen atoms in total. The van der Waals surface area contributed by atoms with Crippen molar-refractivity contribution in [2.24, 2.45) is 11.7 Å². The average molecular weight is 250 g/mol. The van der Waals surface area contributed by atoms with Crippen molar-refractivity contribution in [1.29, 1.82) is 0 Å². The standard InChI is InChI=1S/C14H22N2O2/c1-3-11-4-6-16(12(8-11)9-15)14(17)13-10(2)5-7-18-13/h5,7,11-12H,3-4,6,8-9,15H2,1-2H3. The Kier molecular flexibility index (Phi) is 4.07. The van der Waals surface area contributed by atoms with Gasteiger partial charge in [0.25, 0.3) is 5.91 Å². The Labute approximate surface area is 108 Å². The molecule has 0 radical (unpaired) electrons. The van der Waals surface area contributed by atoms with Gasteiger partial charge in [0.2, 0.25) is 0 Å². The van der Waals surface area contributed by atoms with Gasteiger partial charge in [0.15, 0.2) is 5.76 Å². The van der Waals surface area contributed by atoms with Gasteiger partial charge in [-0.15, -0.1) is 0 Å². The smallest absolute Gasteiger partial charge is 0.290 e. The molecule has 1 aliphatic rings. The van der Waals surface area contributed by atoms with Gasteiger partial charge in [-0.25, -0.2) is 0 Å². The molecule has 4 heteroatoms. The van der Waals surface area contributed by atoms with Gasteiger partial charge in [-0.1, -0.05) is 13.3 Å². The van der Waals surface area contributed by atoms with Crippen LogP contribution in [-0.4, -0.2) is 29.9 Å². The van der Waals surface area contributed by atoms with Crippen molar-refractivity contribution in [2.75, 3.05) is 13.1 Å². The van der Waals surface area contributed by atoms with Gasteiger partial charge in [-0.3, -0.25) is 4.79 Å². The fraction of sp³-hybridized carbons (Fsp3) is 0.643. The van der Waals surface area contributed by atoms with Crippen LogP contribution in [0, 0.1) is 12.8 Å². The first-order chi connectivity index (χ1) is 8.67. The van der Waals surface area contributed by atoms with E-state index in [0.717, 1.165) is 31.4 Å². The first-order valence-electron chi connectivity index (χ1n) is 6.72. The summed E-state index contributed by atoms with van der Waals surface area (Å²) in [6.45, 7) is 5.42. The Morgan fingerprint density at radius 2 is 2.39 bits per heavy atom. The number of piperidine rings is 1. The number of nitrogens with zero attached hydrogens (tertiary/aromatic N) is 1. The number of amides is 1. The van der Waals surface area contributed by atoms with Crippen molar-refractivity contribution in [3.8, 4) is 0 Å². The van der Waals surface area contributed by atoms with Crippen LogP contribution in [0.4, 0.5) is 0 Å². The number of likely N-dealkylation sites (tertiary alicyclic amines) is 1. The molecule has 1 aliphatic heterocycles. The first kappa shape index (κ1) is 13.1. The Bertz CT molecular complexity index is 414. The molecule has 0 saturated carbocycles. The lowest BCUT2D eigenvalue weighted by Crippen LogP contribution is -2.49. The molecule has 2 unspecified atom stereocenters. The van der Waals surface area contributed by atoms with Crippen molar-refractivity contribution in [1.82, 2.24) is 4.90 Å². The minimum atomic E-state index is -0.0116. The number of nitrogens with two attached hydrogens (primary N) is 1. The number of carbonyl (C=O) groups is 1. The fourth-order valence-electron chi connectivity index (χ4n) is 2.72. The number of hydrogen-bond donors (Lipinski definition) is 1. The number of furan rings is 1. The van der Waals surface area contributed by atoms with Crippen molar-refractivity contribution < 1.29 is 9.21 Å². The van der Waals surface area contributed by atoms with Gasteiger partial charge in [0.1, 0.15) is 0 Å². The molecule has 1 saturated heterocycles. The fourth-order valence-corrected chi connectivity index (χ4v) is 2.72. The van der Waals surface area contributed by atoms with Gasteiger partial charge >= 0.3 is 0 Å². The van der Waals surface area contributed by atoms with Crippen molar-refractivity contribution in [2.45, 2.75) is 39.2 Å². The van der Waals surface area contributed by atoms with E-state index >= 15 is 0 Å². The summed E-state index contributed by atoms with van der Waals surface area (Å²) in [5.41, 5.74) is 6.71. The normalized spacial score (nSPS) is 24.3. The third-order valence-corrected chi connectivity index (χ3v) is 3.99. The molecule has 1 aromatic rings. The molecule has 0 spiro atoms. The molecule has 1 aromatic heterocycles. The zero-order chi connectivity index (χ0) is 13.1. The van der Waals surface area contributed by atoms with E-state index < -0.39 is 0 Å². The number of rotatable bonds is 3. The Morgan fingerprint density at radius 1 is 1.61 bits per heavy atom. The molecule has 2 rings (SSSR count). The number of carbonyl (C=O) groups excluding carboxylic acids is 1. The van der Waals surface area contributed by atoms with Crippen LogP contribution >= 0.6 is 0 Å². The molecule has 18 heavy (non-hydrogen) atoms. The summed E-state index contributed by atoms with van der Waals surface area (Å²) in [6.07, 6.45) is 4.81. The molecule has 0 aromatic carbocycles. The van der Waals surface area contributed by atoms with Crippen LogP contribution in [0.25, 0.3) is 0 Å². The molecular weight excluding hydrogens is 228 g/mol. The summed E-state index contributed by atoms with van der Waals surface area (Å²) in [4.78, 5) is 14.3. The summed E-state index contributed by atoms with van der Waals surface area (Å²) in [5.74, 6) is 1.14. The first-order valence-corrected chi connectivity index (χ1v) is 6.72. The van der Waals surface area contributed by atoms with Crippen LogP contribution in [0.3, 0.4) is 0 Å². The average Bonchev–Trinajstić information content (AvgIpc) is 2.83. The molecule has 1 amide bonds. The monoisotopic (exact) mass is 250 g/mol. The lowest BCUT2D eigenvalue weighted by molar-refractivity contribution is 0.0526. The SMILES string of the molecule is CCC1CCN(C(=O)c2occc2C)C(CN)C1. The maximum Gasteiger partial charge on any atom is 0.290 e. The predicted molar refractivity (Wildman–Crippen MR) is 70.3 cm³/mol. The lowest BCUT2D eigenvalue weighted by Gasteiger charge is -2.38. The molecule has 2 N–H and O–H groups in total. The van der Waals surface area contributed by atoms with Crippen LogP contribution in [0.1, 0.15) is 42.3 Å². The lowest BCUT2D eigenvalue weighted by atomic mass is 9.88. The maximum absolute atomic E-state index is 12.4. The Balaban J connectivity index is 2.13. The van der Waals surface area contributed by atoms with Crippen molar-refractivity contribution in [3.05, 3.63) is 23.7 Å². The minimum absolute atomic E-state index is 0.0116. The minimum Gasteiger partial charge on any atom is -0.459 e. The zero-order valence-electron chi connectivity index (χ0n) is 11.2. The quantitative estimate of drug-likeness (QED) is 0.894. The molecule has 2 heterocycles. The topological polar surface area (TPSA) is 59.5 Å². The van der Waals surface area contributed by atoms with E-state index in [1.54, 1.807) is 6.26 Å². The van der Waals surface area contributed by atoms with Crippen molar-refractivity contribution >= 4 is 5.91 Å². The second kappa shape index (κ2) is 5.57. The second-order valence-electron chi connectivity index (χ2n) is 5.12. The number of aryl methyl sites for hydroxylation is 1. The Morgan fingerprint density at radius 3 is 2.94 bits per heavy atom. The van der Waals surface area contributed by atoms with Crippen LogP contribution in [0.15, 0.2) is 16.7 Å². The van der Waals surface area contributed by atoms with Crippen LogP contribution in [-0.2, 0) is 0 Å². The van der Waals surface area contributed by atoms with Crippen molar-refractivity contribution in [3.63, 3.8) is 0 Å². The van der Waals surface area contributed by atoms with E-state index in [1.807, 2.05) is 17.9 Å². The van der Waals surface area contributed by atoms with Crippen LogP contribution in [0.2, 0.25) is 0 Å². The van der Waals surface area contributed by atoms with Gasteiger partial charge in [-0.2, -0.15) is 0 Å². The summed E-state index contributed by atoms with van der Waals surface area (Å²) in [5, 5.41) is 0. The molecule has 1 fully saturated rings. The highest BCUT2D eigenvalue weighted by molar-refractivity contribution is 5.93. The zero-order valence-corrected chi connectivity index (χ0v) is 11.2. The third-order valence-electron chi connectivity index (χ3n) is 3.99. The van der Waals surface area contributed by atoms with Crippen LogP contribution < -0.4 is 5.73 Å². The molecular formula is C14H22N2O2. The largest absolute Gasteiger partial charge is 0.459 e. The molecule has 0 bridgehead atoms. The maximum atomic E-state index is 12.4. The summed E-state index contributed by atoms with van der Waals surface area (Å²) in [6, 6.07) is 1.98. The van der Waals surface area contributed by atoms with E-state index in [9.17, 15) is 4.79 Å². The van der Waals surface area contributed by atoms with E-state index in [0.29, 0.717) is 18.2 Å². The highest BCUT2D eigenvalue weighted by Crippen LogP contribution is 2.26. The van der Waals surface area contributed by atoms with Gasteiger partial charge in [-0.05, 0) is 31.7 Å². The van der Waals surface area contributed by atoms with E-state index in [4.69, 9.17) is 10.2 Å². The van der Waals surface area contributed by atoms with Crippen LogP contribution in [0.5, 0.6) is 0 Å². The second-order valence-corrected chi connectivity index (χ2v) is 5.12. The predicted octanol–water partition coefficient (Wildman–Crippen LogP) is 2.18. The Hall–Kier alpha value is -1.29. The van der Waals surface area contributed by atoms with Gasteiger partial charge in [0.05, 0.1) is 6.26 Å². The highest BCUT2D eigenvalue weighted by Gasteiger charge is 2.32. The molecule has 0 aliphatic carbocycles. The highest BCUT2D eigenvalue weighted by atomic mass is 16.3. The van der Waals surface area contributed by atoms with E-state index in [-0.39, 0.29) is 11.9 Å².